The van der Waals surface area contributed by atoms with E-state index in [1.807, 2.05) is 48.5 Å². The van der Waals surface area contributed by atoms with Gasteiger partial charge in [0.2, 0.25) is 0 Å². The predicted octanol–water partition coefficient (Wildman–Crippen LogP) is 7.61. The van der Waals surface area contributed by atoms with Gasteiger partial charge in [-0.15, -0.1) is 0 Å². The van der Waals surface area contributed by atoms with Crippen LogP contribution in [0, 0.1) is 0 Å². The Balaban J connectivity index is 0.926. The van der Waals surface area contributed by atoms with Crippen LogP contribution in [-0.4, -0.2) is 159 Å². The first-order valence-corrected chi connectivity index (χ1v) is 25.9. The summed E-state index contributed by atoms with van der Waals surface area (Å²) in [5, 5.41) is 0. The van der Waals surface area contributed by atoms with E-state index >= 15 is 0 Å². The van der Waals surface area contributed by atoms with E-state index in [4.69, 9.17) is 75.8 Å². The van der Waals surface area contributed by atoms with Gasteiger partial charge in [0, 0.05) is 10.8 Å². The molecule has 0 saturated heterocycles. The van der Waals surface area contributed by atoms with Gasteiger partial charge in [0.25, 0.3) is 0 Å². The standard InChI is InChI=1S/C58H70O16/c1-57-43-9-3-4-10-44(43)58(2,47-41-55-53(39-45(47)57)71-35-27-63-19-15-59-23-31-67-49-11-5-7-13-51(49)69-33-25-61-17-21-65-29-37-73-55)48-42-56-54(40-46(48)57)72-36-28-64-20-16-60-24-32-68-50-12-6-8-14-52(50)70-34-26-62-18-22-66-30-38-74-56/h3-14,39-42H,15-38H2,1-2H3. The fraction of sp³-hybridized carbons (Fsp3) is 0.483. The Kier molecular flexibility index (Phi) is 19.4. The summed E-state index contributed by atoms with van der Waals surface area (Å²) in [6.45, 7) is 13.5. The van der Waals surface area contributed by atoms with Gasteiger partial charge in [0.05, 0.1) is 106 Å². The van der Waals surface area contributed by atoms with Crippen molar-refractivity contribution in [3.63, 3.8) is 0 Å². The number of hydrogen-bond acceptors (Lipinski definition) is 16. The van der Waals surface area contributed by atoms with Crippen LogP contribution in [0.5, 0.6) is 46.0 Å². The molecule has 16 heteroatoms. The molecule has 0 amide bonds. The molecule has 0 atom stereocenters. The second kappa shape index (κ2) is 27.1. The molecule has 74 heavy (non-hydrogen) atoms. The van der Waals surface area contributed by atoms with Gasteiger partial charge < -0.3 is 75.8 Å². The van der Waals surface area contributed by atoms with E-state index < -0.39 is 10.8 Å². The monoisotopic (exact) mass is 1020 g/mol. The first-order chi connectivity index (χ1) is 36.5. The minimum atomic E-state index is -0.616. The van der Waals surface area contributed by atoms with Crippen molar-refractivity contribution in [1.29, 1.82) is 0 Å². The summed E-state index contributed by atoms with van der Waals surface area (Å²) < 4.78 is 97.2. The van der Waals surface area contributed by atoms with Gasteiger partial charge >= 0.3 is 0 Å². The lowest BCUT2D eigenvalue weighted by molar-refractivity contribution is 0.0223. The maximum Gasteiger partial charge on any atom is 0.161 e. The molecule has 398 valence electrons. The molecule has 16 nitrogen and oxygen atoms in total. The Bertz CT molecular complexity index is 2220. The average Bonchev–Trinajstić information content (AvgIpc) is 3.51. The summed E-state index contributed by atoms with van der Waals surface area (Å²) in [5.41, 5.74) is 5.64. The Morgan fingerprint density at radius 1 is 0.216 bits per heavy atom. The van der Waals surface area contributed by atoms with Crippen molar-refractivity contribution in [2.75, 3.05) is 159 Å². The predicted molar refractivity (Wildman–Crippen MR) is 274 cm³/mol. The number of rotatable bonds is 0. The third kappa shape index (κ3) is 13.0. The highest BCUT2D eigenvalue weighted by atomic mass is 16.6. The van der Waals surface area contributed by atoms with E-state index in [0.717, 1.165) is 22.3 Å². The number of hydrogen-bond donors (Lipinski definition) is 0. The zero-order valence-corrected chi connectivity index (χ0v) is 42.7. The molecule has 5 aliphatic rings. The van der Waals surface area contributed by atoms with Gasteiger partial charge in [0.1, 0.15) is 52.9 Å². The summed E-state index contributed by atoms with van der Waals surface area (Å²) in [5.74, 6) is 5.10. The van der Waals surface area contributed by atoms with E-state index in [1.165, 1.54) is 11.1 Å². The topological polar surface area (TPSA) is 148 Å². The molecule has 5 aromatic rings. The fourth-order valence-corrected chi connectivity index (χ4v) is 9.80. The van der Waals surface area contributed by atoms with Gasteiger partial charge in [-0.1, -0.05) is 48.5 Å². The van der Waals surface area contributed by atoms with E-state index in [2.05, 4.69) is 62.4 Å². The van der Waals surface area contributed by atoms with Crippen molar-refractivity contribution in [2.45, 2.75) is 24.7 Å². The number of fused-ring (bicyclic) bond motifs is 4. The summed E-state index contributed by atoms with van der Waals surface area (Å²) >= 11 is 0. The van der Waals surface area contributed by atoms with Crippen LogP contribution in [-0.2, 0) is 48.7 Å². The van der Waals surface area contributed by atoms with Crippen LogP contribution in [0.1, 0.15) is 47.2 Å². The zero-order valence-electron chi connectivity index (χ0n) is 42.7. The number of para-hydroxylation sites is 4. The van der Waals surface area contributed by atoms with E-state index in [0.29, 0.717) is 205 Å². The molecule has 0 saturated carbocycles. The van der Waals surface area contributed by atoms with Crippen LogP contribution >= 0.6 is 0 Å². The first kappa shape index (κ1) is 53.0. The molecule has 2 aliphatic heterocycles. The molecule has 0 radical (unpaired) electrons. The van der Waals surface area contributed by atoms with E-state index in [9.17, 15) is 0 Å². The third-order valence-corrected chi connectivity index (χ3v) is 13.4. The van der Waals surface area contributed by atoms with E-state index in [1.54, 1.807) is 0 Å². The summed E-state index contributed by atoms with van der Waals surface area (Å²) in [7, 11) is 0. The van der Waals surface area contributed by atoms with Crippen molar-refractivity contribution < 1.29 is 75.8 Å². The Hall–Kier alpha value is -5.82. The lowest BCUT2D eigenvalue weighted by Crippen LogP contribution is -2.48. The number of benzene rings is 5. The maximum atomic E-state index is 6.57. The smallest absolute Gasteiger partial charge is 0.161 e. The largest absolute Gasteiger partial charge is 0.487 e. The van der Waals surface area contributed by atoms with Crippen molar-refractivity contribution in [3.8, 4) is 46.0 Å². The molecule has 10 rings (SSSR count). The van der Waals surface area contributed by atoms with Crippen LogP contribution < -0.4 is 37.9 Å². The van der Waals surface area contributed by atoms with E-state index in [-0.39, 0.29) is 0 Å². The second-order valence-electron chi connectivity index (χ2n) is 18.1. The molecule has 0 spiro atoms. The molecule has 0 fully saturated rings. The highest BCUT2D eigenvalue weighted by Gasteiger charge is 2.55. The van der Waals surface area contributed by atoms with Crippen LogP contribution in [0.2, 0.25) is 0 Å². The molecular weight excluding hydrogens is 953 g/mol. The summed E-state index contributed by atoms with van der Waals surface area (Å²) in [6, 6.07) is 32.4. The molecule has 2 heterocycles. The van der Waals surface area contributed by atoms with Crippen molar-refractivity contribution >= 4 is 0 Å². The van der Waals surface area contributed by atoms with Crippen LogP contribution in [0.3, 0.4) is 0 Å². The summed E-state index contributed by atoms with van der Waals surface area (Å²) in [6.07, 6.45) is 0. The Morgan fingerprint density at radius 2 is 0.392 bits per heavy atom. The molecule has 2 bridgehead atoms. The van der Waals surface area contributed by atoms with Crippen molar-refractivity contribution in [1.82, 2.24) is 0 Å². The highest BCUT2D eigenvalue weighted by Crippen LogP contribution is 2.64. The van der Waals surface area contributed by atoms with Gasteiger partial charge in [-0.2, -0.15) is 0 Å². The average molecular weight is 1020 g/mol. The minimum Gasteiger partial charge on any atom is -0.487 e. The molecule has 0 N–H and O–H groups in total. The SMILES string of the molecule is CC12c3ccccc3C(C)(c3cc4c(cc31)OCCOCCOCCOc1ccccc1OCCOCCOCCO4)c1cc3c(cc12)OCCOCCOCCOc1ccccc1OCCOCCOCCO3. The summed E-state index contributed by atoms with van der Waals surface area (Å²) in [4.78, 5) is 0. The number of ether oxygens (including phenoxy) is 16. The molecular formula is C58H70O16. The van der Waals surface area contributed by atoms with Crippen molar-refractivity contribution in [2.24, 2.45) is 0 Å². The highest BCUT2D eigenvalue weighted by molar-refractivity contribution is 5.77. The third-order valence-electron chi connectivity index (χ3n) is 13.4. The maximum absolute atomic E-state index is 6.57. The lowest BCUT2D eigenvalue weighted by Gasteiger charge is -2.54. The first-order valence-electron chi connectivity index (χ1n) is 25.9. The van der Waals surface area contributed by atoms with Crippen molar-refractivity contribution in [3.05, 3.63) is 130 Å². The van der Waals surface area contributed by atoms with Crippen LogP contribution in [0.15, 0.2) is 97.1 Å². The Labute approximate surface area is 434 Å². The minimum absolute atomic E-state index is 0.298. The lowest BCUT2D eigenvalue weighted by atomic mass is 9.48. The molecule has 0 aromatic heterocycles. The van der Waals surface area contributed by atoms with Gasteiger partial charge in [-0.3, -0.25) is 0 Å². The molecule has 0 unspecified atom stereocenters. The van der Waals surface area contributed by atoms with Crippen LogP contribution in [0.25, 0.3) is 0 Å². The fourth-order valence-electron chi connectivity index (χ4n) is 9.80. The Morgan fingerprint density at radius 3 is 0.608 bits per heavy atom. The normalized spacial score (nSPS) is 22.5. The van der Waals surface area contributed by atoms with Gasteiger partial charge in [-0.25, -0.2) is 0 Å². The van der Waals surface area contributed by atoms with Gasteiger partial charge in [0.15, 0.2) is 46.0 Å². The molecule has 3 aliphatic carbocycles. The van der Waals surface area contributed by atoms with Gasteiger partial charge in [-0.05, 0) is 95.8 Å². The molecule has 5 aromatic carbocycles. The van der Waals surface area contributed by atoms with Crippen LogP contribution in [0.4, 0.5) is 0 Å². The second-order valence-corrected chi connectivity index (χ2v) is 18.1. The zero-order chi connectivity index (χ0) is 50.7. The quantitative estimate of drug-likeness (QED) is 0.150.